The average Bonchev–Trinajstić information content (AvgIpc) is 2.41. The highest BCUT2D eigenvalue weighted by Crippen LogP contribution is 2.21. The first kappa shape index (κ1) is 21.3. The predicted molar refractivity (Wildman–Crippen MR) is 84.3 cm³/mol. The van der Waals surface area contributed by atoms with Crippen molar-refractivity contribution in [3.63, 3.8) is 0 Å². The Bertz CT molecular complexity index is 218. The van der Waals surface area contributed by atoms with Crippen LogP contribution in [0.4, 0.5) is 0 Å². The van der Waals surface area contributed by atoms with Gasteiger partial charge in [-0.3, -0.25) is 0 Å². The van der Waals surface area contributed by atoms with E-state index in [4.69, 9.17) is 0 Å². The maximum atomic E-state index is 3.82. The van der Waals surface area contributed by atoms with Gasteiger partial charge in [-0.2, -0.15) is 0 Å². The molecular formula is C17H32. The summed E-state index contributed by atoms with van der Waals surface area (Å²) >= 11 is 0. The molecule has 1 aliphatic carbocycles. The van der Waals surface area contributed by atoms with Gasteiger partial charge in [-0.1, -0.05) is 84.6 Å². The molecule has 0 fully saturated rings. The fraction of sp³-hybridized carbons (Fsp3) is 0.529. The summed E-state index contributed by atoms with van der Waals surface area (Å²) in [6.07, 6.45) is 16.2. The largest absolute Gasteiger partial charge is 0.102 e. The van der Waals surface area contributed by atoms with Crippen molar-refractivity contribution < 1.29 is 0 Å². The van der Waals surface area contributed by atoms with Gasteiger partial charge < -0.3 is 0 Å². The molecule has 0 aromatic carbocycles. The molecular weight excluding hydrogens is 204 g/mol. The fourth-order valence-corrected chi connectivity index (χ4v) is 1.36. The topological polar surface area (TPSA) is 0 Å². The van der Waals surface area contributed by atoms with Crippen LogP contribution in [0, 0.1) is 11.8 Å². The van der Waals surface area contributed by atoms with Gasteiger partial charge in [0.15, 0.2) is 0 Å². The van der Waals surface area contributed by atoms with Crippen LogP contribution in [0.1, 0.15) is 48.5 Å². The van der Waals surface area contributed by atoms with Crippen molar-refractivity contribution in [2.75, 3.05) is 0 Å². The number of rotatable bonds is 3. The normalized spacial score (nSPS) is 20.5. The molecule has 100 valence electrons. The van der Waals surface area contributed by atoms with Gasteiger partial charge in [-0.15, -0.1) is 6.58 Å². The van der Waals surface area contributed by atoms with E-state index in [0.717, 1.165) is 6.42 Å². The Hall–Kier alpha value is -1.04. The smallest absolute Gasteiger partial charge is 0.00472 e. The van der Waals surface area contributed by atoms with Crippen molar-refractivity contribution >= 4 is 0 Å². The van der Waals surface area contributed by atoms with E-state index in [2.05, 4.69) is 50.0 Å². The zero-order valence-corrected chi connectivity index (χ0v) is 11.6. The Morgan fingerprint density at radius 2 is 1.47 bits per heavy atom. The molecule has 0 bridgehead atoms. The summed E-state index contributed by atoms with van der Waals surface area (Å²) < 4.78 is 0. The highest BCUT2D eigenvalue weighted by Gasteiger charge is 2.11. The number of allylic oxidation sites excluding steroid dienone is 7. The summed E-state index contributed by atoms with van der Waals surface area (Å²) in [5, 5.41) is 0. The highest BCUT2D eigenvalue weighted by atomic mass is 14.1. The van der Waals surface area contributed by atoms with Crippen LogP contribution in [0.25, 0.3) is 0 Å². The van der Waals surface area contributed by atoms with Crippen molar-refractivity contribution in [1.82, 2.24) is 0 Å². The van der Waals surface area contributed by atoms with Gasteiger partial charge in [0.05, 0.1) is 0 Å². The van der Waals surface area contributed by atoms with Gasteiger partial charge in [0.2, 0.25) is 0 Å². The van der Waals surface area contributed by atoms with Crippen LogP contribution in [-0.4, -0.2) is 0 Å². The molecule has 0 amide bonds. The second-order valence-electron chi connectivity index (χ2n) is 3.00. The third-order valence-corrected chi connectivity index (χ3v) is 2.09. The molecule has 0 heterocycles. The molecule has 0 nitrogen and oxygen atoms in total. The minimum Gasteiger partial charge on any atom is -0.102 e. The second-order valence-corrected chi connectivity index (χ2v) is 3.00. The molecule has 0 saturated heterocycles. The monoisotopic (exact) mass is 236 g/mol. The van der Waals surface area contributed by atoms with Crippen molar-refractivity contribution in [3.05, 3.63) is 49.1 Å². The van der Waals surface area contributed by atoms with E-state index < -0.39 is 0 Å². The lowest BCUT2D eigenvalue weighted by Gasteiger charge is -2.16. The van der Waals surface area contributed by atoms with Crippen LogP contribution in [0.15, 0.2) is 49.1 Å². The molecule has 0 aliphatic heterocycles. The van der Waals surface area contributed by atoms with E-state index in [1.54, 1.807) is 0 Å². The number of hydrogen-bond donors (Lipinski definition) is 0. The first-order valence-corrected chi connectivity index (χ1v) is 6.52. The van der Waals surface area contributed by atoms with Crippen LogP contribution in [0.5, 0.6) is 0 Å². The zero-order chi connectivity index (χ0) is 12.8. The summed E-state index contributed by atoms with van der Waals surface area (Å²) in [5.41, 5.74) is 0. The lowest BCUT2D eigenvalue weighted by molar-refractivity contribution is 0.667. The van der Waals surface area contributed by atoms with Crippen LogP contribution in [0.3, 0.4) is 0 Å². The minimum absolute atomic E-state index is 0. The molecule has 0 aromatic rings. The Morgan fingerprint density at radius 1 is 1.00 bits per heavy atom. The highest BCUT2D eigenvalue weighted by molar-refractivity contribution is 5.21. The molecule has 0 radical (unpaired) electrons. The summed E-state index contributed by atoms with van der Waals surface area (Å²) in [7, 11) is 0. The maximum absolute atomic E-state index is 3.82. The average molecular weight is 236 g/mol. The Labute approximate surface area is 110 Å². The Kier molecular flexibility index (Phi) is 21.7. The molecule has 0 heteroatoms. The van der Waals surface area contributed by atoms with Crippen LogP contribution < -0.4 is 0 Å². The molecule has 0 spiro atoms. The second kappa shape index (κ2) is 17.4. The van der Waals surface area contributed by atoms with E-state index in [9.17, 15) is 0 Å². The molecule has 2 atom stereocenters. The summed E-state index contributed by atoms with van der Waals surface area (Å²) in [5.74, 6) is 1.00. The summed E-state index contributed by atoms with van der Waals surface area (Å²) in [6, 6.07) is 0. The third kappa shape index (κ3) is 9.86. The van der Waals surface area contributed by atoms with Crippen molar-refractivity contribution in [3.8, 4) is 0 Å². The lowest BCUT2D eigenvalue weighted by atomic mass is 9.88. The van der Waals surface area contributed by atoms with E-state index in [1.807, 2.05) is 33.8 Å². The van der Waals surface area contributed by atoms with Gasteiger partial charge in [0.1, 0.15) is 0 Å². The quantitative estimate of drug-likeness (QED) is 0.513. The van der Waals surface area contributed by atoms with Crippen molar-refractivity contribution in [2.24, 2.45) is 11.8 Å². The molecule has 17 heavy (non-hydrogen) atoms. The first-order chi connectivity index (χ1) is 7.88. The molecule has 0 aromatic heterocycles. The van der Waals surface area contributed by atoms with Crippen molar-refractivity contribution in [1.29, 1.82) is 0 Å². The lowest BCUT2D eigenvalue weighted by Crippen LogP contribution is -2.06. The van der Waals surface area contributed by atoms with E-state index >= 15 is 0 Å². The maximum Gasteiger partial charge on any atom is 0.00472 e. The van der Waals surface area contributed by atoms with Gasteiger partial charge >= 0.3 is 0 Å². The van der Waals surface area contributed by atoms with E-state index in [-0.39, 0.29) is 7.43 Å². The van der Waals surface area contributed by atoms with Crippen molar-refractivity contribution in [2.45, 2.75) is 48.5 Å². The Morgan fingerprint density at radius 3 is 1.88 bits per heavy atom. The molecule has 1 aliphatic rings. The molecule has 0 N–H and O–H groups in total. The van der Waals surface area contributed by atoms with E-state index in [0.29, 0.717) is 11.8 Å². The number of hydrogen-bond acceptors (Lipinski definition) is 0. The zero-order valence-electron chi connectivity index (χ0n) is 11.6. The van der Waals surface area contributed by atoms with Crippen LogP contribution >= 0.6 is 0 Å². The van der Waals surface area contributed by atoms with Gasteiger partial charge in [0.25, 0.3) is 0 Å². The molecule has 2 unspecified atom stereocenters. The van der Waals surface area contributed by atoms with Crippen LogP contribution in [-0.2, 0) is 0 Å². The standard InChI is InChI=1S/C12H16.2C2H6.CH4/c1-3-5-8-12-10-7-6-9-11(12)4-2;2*1-2;/h4-12H,2-3H2,1H3;2*1-2H3;1H4/b8-5-;;;. The van der Waals surface area contributed by atoms with E-state index in [1.165, 1.54) is 0 Å². The molecule has 1 rings (SSSR count). The fourth-order valence-electron chi connectivity index (χ4n) is 1.36. The van der Waals surface area contributed by atoms with Crippen LogP contribution in [0.2, 0.25) is 0 Å². The van der Waals surface area contributed by atoms with Gasteiger partial charge in [-0.05, 0) is 6.42 Å². The summed E-state index contributed by atoms with van der Waals surface area (Å²) in [6.45, 7) is 14.0. The van der Waals surface area contributed by atoms with Gasteiger partial charge in [-0.25, -0.2) is 0 Å². The first-order valence-electron chi connectivity index (χ1n) is 6.52. The minimum atomic E-state index is 0. The Balaban J connectivity index is -0.000000355. The third-order valence-electron chi connectivity index (χ3n) is 2.09. The SMILES string of the molecule is C.C=CC1C=CC=CC1/C=C\CC.CC.CC. The predicted octanol–water partition coefficient (Wildman–Crippen LogP) is 6.19. The molecule has 0 saturated carbocycles. The van der Waals surface area contributed by atoms with Gasteiger partial charge in [0, 0.05) is 11.8 Å². The summed E-state index contributed by atoms with van der Waals surface area (Å²) in [4.78, 5) is 0.